The summed E-state index contributed by atoms with van der Waals surface area (Å²) in [6, 6.07) is -1.00. The Morgan fingerprint density at radius 3 is 2.89 bits per heavy atom. The molecule has 1 aromatic rings. The number of carbonyl (C=O) groups excluding carboxylic acids is 3. The lowest BCUT2D eigenvalue weighted by atomic mass is 10.0. The van der Waals surface area contributed by atoms with Crippen molar-refractivity contribution in [3.8, 4) is 12.3 Å². The number of amides is 2. The number of terminal acetylenes is 1. The summed E-state index contributed by atoms with van der Waals surface area (Å²) in [5.41, 5.74) is 17.7. The van der Waals surface area contributed by atoms with Gasteiger partial charge in [-0.2, -0.15) is 0 Å². The van der Waals surface area contributed by atoms with Gasteiger partial charge in [-0.15, -0.1) is 41.3 Å². The Balaban J connectivity index is 1.49. The van der Waals surface area contributed by atoms with E-state index in [1.54, 1.807) is 18.0 Å². The van der Waals surface area contributed by atoms with E-state index in [1.807, 2.05) is 0 Å². The van der Waals surface area contributed by atoms with Gasteiger partial charge in [-0.1, -0.05) is 11.1 Å². The zero-order valence-corrected chi connectivity index (χ0v) is 22.3. The minimum absolute atomic E-state index is 0.145. The Morgan fingerprint density at radius 1 is 1.47 bits per heavy atom. The number of rotatable bonds is 9. The quantitative estimate of drug-likeness (QED) is 0.0619. The zero-order valence-electron chi connectivity index (χ0n) is 19.9. The topological polar surface area (TPSA) is 219 Å². The van der Waals surface area contributed by atoms with Gasteiger partial charge in [0.25, 0.3) is 17.6 Å². The summed E-state index contributed by atoms with van der Waals surface area (Å²) in [4.78, 5) is 52.8. The van der Waals surface area contributed by atoms with Crippen molar-refractivity contribution in [3.63, 3.8) is 0 Å². The molecule has 200 valence electrons. The molecule has 4 heterocycles. The minimum atomic E-state index is -1.48. The van der Waals surface area contributed by atoms with Gasteiger partial charge in [0.2, 0.25) is 6.29 Å². The first-order valence-electron chi connectivity index (χ1n) is 10.9. The molecule has 0 radical (unpaired) electrons. The van der Waals surface area contributed by atoms with E-state index >= 15 is 0 Å². The second-order valence-corrected chi connectivity index (χ2v) is 11.0. The molecule has 2 amide bonds. The van der Waals surface area contributed by atoms with Gasteiger partial charge >= 0.3 is 0 Å². The van der Waals surface area contributed by atoms with Crippen LogP contribution in [0.25, 0.3) is 0 Å². The Bertz CT molecular complexity index is 1330. The predicted molar refractivity (Wildman–Crippen MR) is 141 cm³/mol. The number of thiazole rings is 1. The molecule has 1 aromatic heterocycles. The van der Waals surface area contributed by atoms with E-state index in [-0.39, 0.29) is 34.6 Å². The molecule has 14 nitrogen and oxygen atoms in total. The first-order chi connectivity index (χ1) is 18.1. The first kappa shape index (κ1) is 27.3. The van der Waals surface area contributed by atoms with E-state index in [0.29, 0.717) is 17.2 Å². The molecule has 1 fully saturated rings. The Kier molecular flexibility index (Phi) is 8.16. The molecule has 0 saturated carbocycles. The largest absolute Gasteiger partial charge is 0.543 e. The number of carboxylic acid groups (broad SMARTS) is 1. The average molecular weight is 578 g/mol. The summed E-state index contributed by atoms with van der Waals surface area (Å²) in [5, 5.41) is 20.2. The van der Waals surface area contributed by atoms with Gasteiger partial charge in [-0.25, -0.2) is 9.98 Å². The lowest BCUT2D eigenvalue weighted by molar-refractivity contribution is -0.530. The standard InChI is InChI=1S/C21H23N9O5S3/c1-3-4-35-28-13(10-8-38-21(24)25-10)16(31)27-14-17(32)30-15(19(33)34)9(7-37-18(14)30)6-36-12-5-11(22)26-20(23)29(12)2/h1,5,8,14,18,20H,4,6-7,23H2,2H3,(H2,22,26)(H2,24,25)(H,27,31)(H,33,34)/b28-13-/t14-,18-,20?/m1/s1. The number of hydrogen-bond acceptors (Lipinski definition) is 14. The van der Waals surface area contributed by atoms with Crippen LogP contribution in [0, 0.1) is 12.3 Å². The molecule has 3 aliphatic heterocycles. The number of anilines is 1. The van der Waals surface area contributed by atoms with Crippen molar-refractivity contribution < 1.29 is 29.3 Å². The van der Waals surface area contributed by atoms with Crippen molar-refractivity contribution in [1.82, 2.24) is 20.1 Å². The maximum Gasteiger partial charge on any atom is 0.276 e. The highest BCUT2D eigenvalue weighted by Gasteiger charge is 2.53. The van der Waals surface area contributed by atoms with Crippen LogP contribution in [-0.4, -0.2) is 87.0 Å². The number of oxime groups is 1. The highest BCUT2D eigenvalue weighted by atomic mass is 32.2. The van der Waals surface area contributed by atoms with Crippen LogP contribution in [0.15, 0.2) is 32.9 Å². The Morgan fingerprint density at radius 2 is 2.24 bits per heavy atom. The average Bonchev–Trinajstić information content (AvgIpc) is 3.31. The molecular weight excluding hydrogens is 554 g/mol. The fourth-order valence-electron chi connectivity index (χ4n) is 3.71. The number of nitrogen functional groups attached to an aromatic ring is 1. The molecular formula is C21H23N9O5S3. The SMILES string of the molecule is C#CCO/N=C(\C(=O)N[C@@H]1C(=O)N2C(C(=O)[O-])=C(CSC3=CC(N)=[NH+]C(N)N3C)CS[C@H]12)c1csc(N)n1. The van der Waals surface area contributed by atoms with Crippen LogP contribution >= 0.6 is 34.9 Å². The molecule has 0 spiro atoms. The maximum atomic E-state index is 13.0. The molecule has 8 N–H and O–H groups in total. The molecule has 1 saturated heterocycles. The van der Waals surface area contributed by atoms with Gasteiger partial charge in [0, 0.05) is 23.9 Å². The van der Waals surface area contributed by atoms with Crippen LogP contribution in [0.2, 0.25) is 0 Å². The molecule has 0 aromatic carbocycles. The second kappa shape index (κ2) is 11.3. The number of aliphatic carboxylic acids is 1. The predicted octanol–water partition coefficient (Wildman–Crippen LogP) is -4.32. The molecule has 1 unspecified atom stereocenters. The van der Waals surface area contributed by atoms with Gasteiger partial charge in [-0.05, 0) is 5.57 Å². The summed E-state index contributed by atoms with van der Waals surface area (Å²) in [6.07, 6.45) is 6.31. The normalized spacial score (nSPS) is 23.1. The van der Waals surface area contributed by atoms with Crippen LogP contribution in [0.3, 0.4) is 0 Å². The number of β-lactam (4-membered cyclic amide) rings is 1. The molecule has 3 aliphatic rings. The van der Waals surface area contributed by atoms with Crippen molar-refractivity contribution in [3.05, 3.63) is 33.4 Å². The number of thioether (sulfide) groups is 2. The smallest absolute Gasteiger partial charge is 0.276 e. The van der Waals surface area contributed by atoms with Crippen LogP contribution in [0.1, 0.15) is 5.69 Å². The van der Waals surface area contributed by atoms with Gasteiger partial charge in [0.1, 0.15) is 17.1 Å². The third-order valence-electron chi connectivity index (χ3n) is 5.56. The summed E-state index contributed by atoms with van der Waals surface area (Å²) >= 11 is 3.73. The molecule has 3 atom stereocenters. The van der Waals surface area contributed by atoms with Gasteiger partial charge in [-0.3, -0.25) is 26.0 Å². The first-order valence-corrected chi connectivity index (χ1v) is 13.8. The van der Waals surface area contributed by atoms with E-state index in [4.69, 9.17) is 28.5 Å². The summed E-state index contributed by atoms with van der Waals surface area (Å²) in [5.74, 6) is 0.329. The number of aromatic nitrogens is 1. The molecule has 0 aliphatic carbocycles. The second-order valence-electron chi connectivity index (χ2n) is 8.02. The third kappa shape index (κ3) is 5.43. The number of nitrogens with zero attached hydrogens (tertiary/aromatic N) is 4. The van der Waals surface area contributed by atoms with E-state index < -0.39 is 35.5 Å². The highest BCUT2D eigenvalue weighted by Crippen LogP contribution is 2.41. The van der Waals surface area contributed by atoms with Gasteiger partial charge < -0.3 is 30.7 Å². The number of carboxylic acids is 1. The fraction of sp³-hybridized carbons (Fsp3) is 0.333. The third-order valence-corrected chi connectivity index (χ3v) is 8.77. The molecule has 4 rings (SSSR count). The monoisotopic (exact) mass is 577 g/mol. The number of nitrogens with two attached hydrogens (primary N) is 3. The van der Waals surface area contributed by atoms with Crippen LogP contribution in [-0.2, 0) is 19.2 Å². The van der Waals surface area contributed by atoms with Crippen molar-refractivity contribution in [2.75, 3.05) is 30.9 Å². The van der Waals surface area contributed by atoms with Crippen LogP contribution < -0.4 is 32.6 Å². The summed E-state index contributed by atoms with van der Waals surface area (Å²) in [7, 11) is 1.77. The minimum Gasteiger partial charge on any atom is -0.543 e. The van der Waals surface area contributed by atoms with E-state index in [0.717, 1.165) is 21.3 Å². The van der Waals surface area contributed by atoms with Crippen LogP contribution in [0.4, 0.5) is 5.13 Å². The lowest BCUT2D eigenvalue weighted by Gasteiger charge is -2.50. The van der Waals surface area contributed by atoms with Gasteiger partial charge in [0.05, 0.1) is 22.8 Å². The van der Waals surface area contributed by atoms with Crippen LogP contribution in [0.5, 0.6) is 0 Å². The zero-order chi connectivity index (χ0) is 27.6. The highest BCUT2D eigenvalue weighted by molar-refractivity contribution is 8.03. The van der Waals surface area contributed by atoms with E-state index in [9.17, 15) is 19.5 Å². The lowest BCUT2D eigenvalue weighted by Crippen LogP contribution is -2.89. The summed E-state index contributed by atoms with van der Waals surface area (Å²) in [6.45, 7) is -0.189. The molecule has 38 heavy (non-hydrogen) atoms. The Hall–Kier alpha value is -3.72. The van der Waals surface area contributed by atoms with Gasteiger partial charge in [0.15, 0.2) is 17.5 Å². The number of fused-ring (bicyclic) bond motifs is 1. The number of carbonyl (C=O) groups is 3. The number of amidine groups is 1. The van der Waals surface area contributed by atoms with Crippen molar-refractivity contribution in [1.29, 1.82) is 0 Å². The van der Waals surface area contributed by atoms with Crippen molar-refractivity contribution >= 4 is 69.3 Å². The molecule has 0 bridgehead atoms. The maximum absolute atomic E-state index is 13.0. The molecule has 17 heteroatoms. The van der Waals surface area contributed by atoms with Crippen molar-refractivity contribution in [2.45, 2.75) is 17.7 Å². The fourth-order valence-corrected chi connectivity index (χ4v) is 6.82. The summed E-state index contributed by atoms with van der Waals surface area (Å²) < 4.78 is 0. The van der Waals surface area contributed by atoms with E-state index in [1.165, 1.54) is 28.9 Å². The Labute approximate surface area is 229 Å². The van der Waals surface area contributed by atoms with Crippen molar-refractivity contribution in [2.24, 2.45) is 16.6 Å². The van der Waals surface area contributed by atoms with E-state index in [2.05, 4.69) is 26.4 Å². The number of nitrogens with one attached hydrogen (secondary N) is 2. The number of hydrogen-bond donors (Lipinski definition) is 5.